The molecular formula is C11H12ClN3. The van der Waals surface area contributed by atoms with Crippen molar-refractivity contribution in [1.29, 1.82) is 0 Å². The van der Waals surface area contributed by atoms with Crippen LogP contribution in [0.1, 0.15) is 12.5 Å². The summed E-state index contributed by atoms with van der Waals surface area (Å²) in [6.45, 7) is 4.01. The average molecular weight is 222 g/mol. The minimum absolute atomic E-state index is 0.466. The third-order valence-electron chi connectivity index (χ3n) is 2.87. The molecular weight excluding hydrogens is 210 g/mol. The summed E-state index contributed by atoms with van der Waals surface area (Å²) in [6.07, 6.45) is 1.90. The van der Waals surface area contributed by atoms with E-state index < -0.39 is 0 Å². The summed E-state index contributed by atoms with van der Waals surface area (Å²) in [4.78, 5) is 4.38. The molecule has 3 rings (SSSR count). The summed E-state index contributed by atoms with van der Waals surface area (Å²) >= 11 is 6.05. The van der Waals surface area contributed by atoms with Gasteiger partial charge >= 0.3 is 0 Å². The van der Waals surface area contributed by atoms with E-state index >= 15 is 0 Å². The summed E-state index contributed by atoms with van der Waals surface area (Å²) in [5, 5.41) is 4.22. The SMILES string of the molecule is C[C@H]1Cn2cnc3cc(Cl)cc(c32)CN1. The molecule has 2 aromatic rings. The molecule has 0 saturated heterocycles. The quantitative estimate of drug-likeness (QED) is 0.739. The van der Waals surface area contributed by atoms with E-state index in [-0.39, 0.29) is 0 Å². The molecule has 2 heterocycles. The Kier molecular flexibility index (Phi) is 1.97. The minimum atomic E-state index is 0.466. The minimum Gasteiger partial charge on any atom is -0.329 e. The van der Waals surface area contributed by atoms with Gasteiger partial charge in [0.1, 0.15) is 0 Å². The summed E-state index contributed by atoms with van der Waals surface area (Å²) in [6, 6.07) is 4.41. The van der Waals surface area contributed by atoms with E-state index in [0.717, 1.165) is 23.6 Å². The van der Waals surface area contributed by atoms with Crippen LogP contribution in [0.25, 0.3) is 11.0 Å². The zero-order chi connectivity index (χ0) is 10.4. The molecule has 0 radical (unpaired) electrons. The average Bonchev–Trinajstić information content (AvgIpc) is 2.49. The van der Waals surface area contributed by atoms with Crippen molar-refractivity contribution in [2.75, 3.05) is 0 Å². The first-order chi connectivity index (χ1) is 7.24. The van der Waals surface area contributed by atoms with E-state index in [1.165, 1.54) is 11.1 Å². The van der Waals surface area contributed by atoms with Gasteiger partial charge in [0.25, 0.3) is 0 Å². The highest BCUT2D eigenvalue weighted by Gasteiger charge is 2.15. The summed E-state index contributed by atoms with van der Waals surface area (Å²) in [5.74, 6) is 0. The van der Waals surface area contributed by atoms with Gasteiger partial charge in [-0.3, -0.25) is 0 Å². The number of halogens is 1. The molecule has 0 spiro atoms. The van der Waals surface area contributed by atoms with Crippen LogP contribution >= 0.6 is 11.6 Å². The molecule has 1 aromatic heterocycles. The summed E-state index contributed by atoms with van der Waals surface area (Å²) in [7, 11) is 0. The van der Waals surface area contributed by atoms with Gasteiger partial charge in [-0.1, -0.05) is 11.6 Å². The fourth-order valence-electron chi connectivity index (χ4n) is 2.18. The van der Waals surface area contributed by atoms with Crippen molar-refractivity contribution in [2.24, 2.45) is 0 Å². The lowest BCUT2D eigenvalue weighted by Gasteiger charge is -2.09. The maximum Gasteiger partial charge on any atom is 0.0958 e. The largest absolute Gasteiger partial charge is 0.329 e. The van der Waals surface area contributed by atoms with Gasteiger partial charge in [0.15, 0.2) is 0 Å². The number of rotatable bonds is 0. The molecule has 1 aliphatic rings. The first-order valence-electron chi connectivity index (χ1n) is 5.10. The van der Waals surface area contributed by atoms with Crippen LogP contribution in [0.2, 0.25) is 5.02 Å². The van der Waals surface area contributed by atoms with Crippen LogP contribution in [0.5, 0.6) is 0 Å². The lowest BCUT2D eigenvalue weighted by Crippen LogP contribution is -2.27. The number of hydrogen-bond donors (Lipinski definition) is 1. The highest BCUT2D eigenvalue weighted by molar-refractivity contribution is 6.31. The van der Waals surface area contributed by atoms with Crippen LogP contribution in [0, 0.1) is 0 Å². The molecule has 1 N–H and O–H groups in total. The molecule has 1 atom stereocenters. The fraction of sp³-hybridized carbons (Fsp3) is 0.364. The van der Waals surface area contributed by atoms with E-state index in [2.05, 4.69) is 21.8 Å². The molecule has 0 amide bonds. The van der Waals surface area contributed by atoms with Crippen LogP contribution in [-0.4, -0.2) is 15.6 Å². The number of aromatic nitrogens is 2. The molecule has 4 heteroatoms. The summed E-state index contributed by atoms with van der Waals surface area (Å²) < 4.78 is 2.20. The molecule has 3 nitrogen and oxygen atoms in total. The lowest BCUT2D eigenvalue weighted by atomic mass is 10.2. The number of benzene rings is 1. The first kappa shape index (κ1) is 9.19. The predicted octanol–water partition coefficient (Wildman–Crippen LogP) is 2.18. The molecule has 0 unspecified atom stereocenters. The monoisotopic (exact) mass is 221 g/mol. The van der Waals surface area contributed by atoms with Crippen molar-refractivity contribution in [2.45, 2.75) is 26.1 Å². The number of imidazole rings is 1. The fourth-order valence-corrected chi connectivity index (χ4v) is 2.41. The smallest absolute Gasteiger partial charge is 0.0958 e. The van der Waals surface area contributed by atoms with Crippen molar-refractivity contribution >= 4 is 22.6 Å². The van der Waals surface area contributed by atoms with Crippen LogP contribution in [-0.2, 0) is 13.1 Å². The molecule has 1 aromatic carbocycles. The number of hydrogen-bond acceptors (Lipinski definition) is 2. The molecule has 15 heavy (non-hydrogen) atoms. The van der Waals surface area contributed by atoms with Crippen molar-refractivity contribution in [3.63, 3.8) is 0 Å². The van der Waals surface area contributed by atoms with Gasteiger partial charge in [-0.25, -0.2) is 4.98 Å². The van der Waals surface area contributed by atoms with Crippen LogP contribution < -0.4 is 5.32 Å². The topological polar surface area (TPSA) is 29.9 Å². The van der Waals surface area contributed by atoms with E-state index in [4.69, 9.17) is 11.6 Å². The Morgan fingerprint density at radius 1 is 1.53 bits per heavy atom. The second-order valence-corrected chi connectivity index (χ2v) is 4.55. The predicted molar refractivity (Wildman–Crippen MR) is 61.0 cm³/mol. The number of nitrogens with zero attached hydrogens (tertiary/aromatic N) is 2. The van der Waals surface area contributed by atoms with Crippen molar-refractivity contribution in [1.82, 2.24) is 14.9 Å². The van der Waals surface area contributed by atoms with E-state index in [0.29, 0.717) is 6.04 Å². The van der Waals surface area contributed by atoms with Gasteiger partial charge in [0.2, 0.25) is 0 Å². The second kappa shape index (κ2) is 3.22. The van der Waals surface area contributed by atoms with Crippen LogP contribution in [0.4, 0.5) is 0 Å². The van der Waals surface area contributed by atoms with Crippen molar-refractivity contribution < 1.29 is 0 Å². The van der Waals surface area contributed by atoms with Gasteiger partial charge in [0.05, 0.1) is 17.4 Å². The molecule has 0 aliphatic carbocycles. The molecule has 0 saturated carbocycles. The van der Waals surface area contributed by atoms with Gasteiger partial charge in [-0.15, -0.1) is 0 Å². The normalized spacial score (nSPS) is 20.5. The second-order valence-electron chi connectivity index (χ2n) is 4.11. The zero-order valence-corrected chi connectivity index (χ0v) is 9.25. The van der Waals surface area contributed by atoms with E-state index in [1.807, 2.05) is 18.5 Å². The van der Waals surface area contributed by atoms with Gasteiger partial charge < -0.3 is 9.88 Å². The molecule has 78 valence electrons. The standard InChI is InChI=1S/C11H12ClN3/c1-7-5-15-6-14-10-3-9(12)2-8(4-13-7)11(10)15/h2-3,6-7,13H,4-5H2,1H3/t7-/m0/s1. The Morgan fingerprint density at radius 3 is 3.27 bits per heavy atom. The first-order valence-corrected chi connectivity index (χ1v) is 5.48. The Labute approximate surface area is 93.1 Å². The lowest BCUT2D eigenvalue weighted by molar-refractivity contribution is 0.497. The summed E-state index contributed by atoms with van der Waals surface area (Å²) in [5.41, 5.74) is 3.45. The highest BCUT2D eigenvalue weighted by atomic mass is 35.5. The van der Waals surface area contributed by atoms with Gasteiger partial charge in [-0.05, 0) is 24.6 Å². The maximum absolute atomic E-state index is 6.05. The van der Waals surface area contributed by atoms with E-state index in [1.54, 1.807) is 0 Å². The van der Waals surface area contributed by atoms with Crippen LogP contribution in [0.15, 0.2) is 18.5 Å². The zero-order valence-electron chi connectivity index (χ0n) is 8.50. The van der Waals surface area contributed by atoms with Gasteiger partial charge in [0, 0.05) is 24.2 Å². The number of nitrogens with one attached hydrogen (secondary N) is 1. The Bertz CT molecular complexity index is 518. The third-order valence-corrected chi connectivity index (χ3v) is 3.09. The molecule has 1 aliphatic heterocycles. The maximum atomic E-state index is 6.05. The van der Waals surface area contributed by atoms with Gasteiger partial charge in [-0.2, -0.15) is 0 Å². The van der Waals surface area contributed by atoms with Crippen molar-refractivity contribution in [3.8, 4) is 0 Å². The molecule has 0 fully saturated rings. The highest BCUT2D eigenvalue weighted by Crippen LogP contribution is 2.25. The van der Waals surface area contributed by atoms with Crippen LogP contribution in [0.3, 0.4) is 0 Å². The van der Waals surface area contributed by atoms with E-state index in [9.17, 15) is 0 Å². The third kappa shape index (κ3) is 1.43. The molecule has 0 bridgehead atoms. The Hall–Kier alpha value is -1.06. The Balaban J connectivity index is 2.31. The Morgan fingerprint density at radius 2 is 2.40 bits per heavy atom. The van der Waals surface area contributed by atoms with Crippen molar-refractivity contribution in [3.05, 3.63) is 29.0 Å².